The van der Waals surface area contributed by atoms with Crippen molar-refractivity contribution >= 4 is 5.69 Å². The molecular weight excluding hydrogens is 158 g/mol. The predicted molar refractivity (Wildman–Crippen MR) is 57.2 cm³/mol. The lowest BCUT2D eigenvalue weighted by Crippen LogP contribution is -2.01. The second-order valence-electron chi connectivity index (χ2n) is 4.13. The van der Waals surface area contributed by atoms with Crippen molar-refractivity contribution in [3.8, 4) is 0 Å². The van der Waals surface area contributed by atoms with Crippen LogP contribution in [0.5, 0.6) is 0 Å². The second-order valence-corrected chi connectivity index (χ2v) is 4.13. The summed E-state index contributed by atoms with van der Waals surface area (Å²) in [5.74, 6) is 0.815. The normalized spacial score (nSPS) is 21.5. The van der Waals surface area contributed by atoms with Gasteiger partial charge in [0.2, 0.25) is 0 Å². The first-order valence-electron chi connectivity index (χ1n) is 5.09. The minimum Gasteiger partial charge on any atom is -0.385 e. The van der Waals surface area contributed by atoms with Crippen LogP contribution in [0.1, 0.15) is 24.5 Å². The Bertz CT molecular complexity index is 304. The number of benzene rings is 1. The summed E-state index contributed by atoms with van der Waals surface area (Å²) in [5, 5.41) is 3.50. The lowest BCUT2D eigenvalue weighted by molar-refractivity contribution is 0.557. The Labute approximate surface area is 80.2 Å². The standard InChI is InChI=1S/C12H17N/c1-9-6-7-13-12-5-3-4-10(2)11(12)8-9/h3-5,9,13H,6-8H2,1-2H3. The van der Waals surface area contributed by atoms with Crippen LogP contribution in [0.3, 0.4) is 0 Å². The van der Waals surface area contributed by atoms with Crippen molar-refractivity contribution in [2.24, 2.45) is 5.92 Å². The molecule has 1 unspecified atom stereocenters. The van der Waals surface area contributed by atoms with E-state index in [9.17, 15) is 0 Å². The molecule has 1 aliphatic heterocycles. The fourth-order valence-corrected chi connectivity index (χ4v) is 2.04. The highest BCUT2D eigenvalue weighted by Gasteiger charge is 2.13. The first kappa shape index (κ1) is 8.61. The van der Waals surface area contributed by atoms with Crippen molar-refractivity contribution in [3.05, 3.63) is 29.3 Å². The zero-order valence-corrected chi connectivity index (χ0v) is 8.43. The third-order valence-corrected chi connectivity index (χ3v) is 2.92. The largest absolute Gasteiger partial charge is 0.385 e. The van der Waals surface area contributed by atoms with Crippen LogP contribution in [0.15, 0.2) is 18.2 Å². The maximum absolute atomic E-state index is 3.50. The van der Waals surface area contributed by atoms with Gasteiger partial charge in [-0.2, -0.15) is 0 Å². The van der Waals surface area contributed by atoms with Crippen LogP contribution < -0.4 is 5.32 Å². The van der Waals surface area contributed by atoms with Crippen molar-refractivity contribution in [3.63, 3.8) is 0 Å². The fourth-order valence-electron chi connectivity index (χ4n) is 2.04. The fraction of sp³-hybridized carbons (Fsp3) is 0.500. The van der Waals surface area contributed by atoms with Gasteiger partial charge in [-0.25, -0.2) is 0 Å². The highest BCUT2D eigenvalue weighted by atomic mass is 14.9. The van der Waals surface area contributed by atoms with Gasteiger partial charge in [-0.15, -0.1) is 0 Å². The van der Waals surface area contributed by atoms with Gasteiger partial charge in [0, 0.05) is 12.2 Å². The summed E-state index contributed by atoms with van der Waals surface area (Å²) in [5.41, 5.74) is 4.30. The Balaban J connectivity index is 2.40. The molecule has 1 aromatic carbocycles. The zero-order valence-electron chi connectivity index (χ0n) is 8.43. The molecule has 0 fully saturated rings. The van der Waals surface area contributed by atoms with E-state index in [0.29, 0.717) is 0 Å². The van der Waals surface area contributed by atoms with E-state index in [4.69, 9.17) is 0 Å². The molecule has 1 N–H and O–H groups in total. The Morgan fingerprint density at radius 1 is 1.38 bits per heavy atom. The van der Waals surface area contributed by atoms with Crippen LogP contribution in [0.25, 0.3) is 0 Å². The SMILES string of the molecule is Cc1cccc2c1CC(C)CCN2. The lowest BCUT2D eigenvalue weighted by atomic mass is 9.96. The van der Waals surface area contributed by atoms with Crippen molar-refractivity contribution in [1.82, 2.24) is 0 Å². The van der Waals surface area contributed by atoms with E-state index < -0.39 is 0 Å². The number of aryl methyl sites for hydroxylation is 1. The van der Waals surface area contributed by atoms with Crippen LogP contribution in [0.4, 0.5) is 5.69 Å². The summed E-state index contributed by atoms with van der Waals surface area (Å²) >= 11 is 0. The summed E-state index contributed by atoms with van der Waals surface area (Å²) in [4.78, 5) is 0. The quantitative estimate of drug-likeness (QED) is 0.639. The van der Waals surface area contributed by atoms with E-state index >= 15 is 0 Å². The highest BCUT2D eigenvalue weighted by Crippen LogP contribution is 2.26. The van der Waals surface area contributed by atoms with Gasteiger partial charge in [-0.3, -0.25) is 0 Å². The van der Waals surface area contributed by atoms with E-state index in [1.54, 1.807) is 0 Å². The Morgan fingerprint density at radius 3 is 3.08 bits per heavy atom. The average molecular weight is 175 g/mol. The van der Waals surface area contributed by atoms with Gasteiger partial charge in [0.25, 0.3) is 0 Å². The summed E-state index contributed by atoms with van der Waals surface area (Å²) in [7, 11) is 0. The topological polar surface area (TPSA) is 12.0 Å². The van der Waals surface area contributed by atoms with Crippen LogP contribution in [-0.2, 0) is 6.42 Å². The molecule has 13 heavy (non-hydrogen) atoms. The number of fused-ring (bicyclic) bond motifs is 1. The number of hydrogen-bond donors (Lipinski definition) is 1. The smallest absolute Gasteiger partial charge is 0.0375 e. The van der Waals surface area contributed by atoms with Crippen LogP contribution in [0.2, 0.25) is 0 Å². The van der Waals surface area contributed by atoms with E-state index in [1.165, 1.54) is 29.7 Å². The molecule has 0 amide bonds. The van der Waals surface area contributed by atoms with Gasteiger partial charge < -0.3 is 5.32 Å². The Hall–Kier alpha value is -0.980. The van der Waals surface area contributed by atoms with Crippen LogP contribution >= 0.6 is 0 Å². The van der Waals surface area contributed by atoms with Gasteiger partial charge in [0.05, 0.1) is 0 Å². The molecule has 0 radical (unpaired) electrons. The summed E-state index contributed by atoms with van der Waals surface area (Å²) in [6.07, 6.45) is 2.52. The third-order valence-electron chi connectivity index (χ3n) is 2.92. The van der Waals surface area contributed by atoms with Gasteiger partial charge >= 0.3 is 0 Å². The second kappa shape index (κ2) is 3.41. The molecule has 1 aromatic rings. The Kier molecular flexibility index (Phi) is 2.26. The zero-order chi connectivity index (χ0) is 9.26. The van der Waals surface area contributed by atoms with E-state index in [0.717, 1.165) is 12.5 Å². The number of anilines is 1. The molecule has 70 valence electrons. The van der Waals surface area contributed by atoms with Crippen molar-refractivity contribution in [2.75, 3.05) is 11.9 Å². The number of rotatable bonds is 0. The van der Waals surface area contributed by atoms with Gasteiger partial charge in [-0.1, -0.05) is 19.1 Å². The van der Waals surface area contributed by atoms with E-state index in [2.05, 4.69) is 37.4 Å². The monoisotopic (exact) mass is 175 g/mol. The lowest BCUT2D eigenvalue weighted by Gasteiger charge is -2.10. The molecule has 0 aromatic heterocycles. The first-order valence-corrected chi connectivity index (χ1v) is 5.09. The average Bonchev–Trinajstić information content (AvgIpc) is 2.28. The molecule has 0 bridgehead atoms. The maximum Gasteiger partial charge on any atom is 0.0375 e. The summed E-state index contributed by atoms with van der Waals surface area (Å²) < 4.78 is 0. The molecule has 1 heteroatoms. The molecule has 1 nitrogen and oxygen atoms in total. The van der Waals surface area contributed by atoms with Crippen LogP contribution in [-0.4, -0.2) is 6.54 Å². The van der Waals surface area contributed by atoms with Gasteiger partial charge in [-0.05, 0) is 42.9 Å². The molecule has 0 saturated heterocycles. The molecule has 0 spiro atoms. The minimum absolute atomic E-state index is 0.815. The van der Waals surface area contributed by atoms with Crippen LogP contribution in [0, 0.1) is 12.8 Å². The Morgan fingerprint density at radius 2 is 2.23 bits per heavy atom. The summed E-state index contributed by atoms with van der Waals surface area (Å²) in [6, 6.07) is 6.54. The molecule has 1 heterocycles. The van der Waals surface area contributed by atoms with Crippen molar-refractivity contribution < 1.29 is 0 Å². The number of nitrogens with one attached hydrogen (secondary N) is 1. The first-order chi connectivity index (χ1) is 6.27. The maximum atomic E-state index is 3.50. The van der Waals surface area contributed by atoms with Crippen molar-refractivity contribution in [2.45, 2.75) is 26.7 Å². The van der Waals surface area contributed by atoms with E-state index in [-0.39, 0.29) is 0 Å². The minimum atomic E-state index is 0.815. The van der Waals surface area contributed by atoms with Gasteiger partial charge in [0.15, 0.2) is 0 Å². The highest BCUT2D eigenvalue weighted by molar-refractivity contribution is 5.55. The molecule has 0 aliphatic carbocycles. The predicted octanol–water partition coefficient (Wildman–Crippen LogP) is 2.99. The molecular formula is C12H17N. The molecule has 0 saturated carbocycles. The van der Waals surface area contributed by atoms with Gasteiger partial charge in [0.1, 0.15) is 0 Å². The number of hydrogen-bond acceptors (Lipinski definition) is 1. The third kappa shape index (κ3) is 1.69. The molecule has 1 aliphatic rings. The van der Waals surface area contributed by atoms with E-state index in [1.807, 2.05) is 0 Å². The van der Waals surface area contributed by atoms with Crippen molar-refractivity contribution in [1.29, 1.82) is 0 Å². The molecule has 1 atom stereocenters. The summed E-state index contributed by atoms with van der Waals surface area (Å²) in [6.45, 7) is 5.67. The molecule has 2 rings (SSSR count).